The Morgan fingerprint density at radius 1 is 1.00 bits per heavy atom. The third-order valence-corrected chi connectivity index (χ3v) is 13.6. The van der Waals surface area contributed by atoms with Gasteiger partial charge in [-0.1, -0.05) is 72.3 Å². The van der Waals surface area contributed by atoms with Crippen molar-refractivity contribution in [1.82, 2.24) is 0 Å². The van der Waals surface area contributed by atoms with E-state index in [1.54, 1.807) is 0 Å². The van der Waals surface area contributed by atoms with Gasteiger partial charge in [-0.15, -0.1) is 0 Å². The van der Waals surface area contributed by atoms with Crippen LogP contribution in [0.4, 0.5) is 0 Å². The summed E-state index contributed by atoms with van der Waals surface area (Å²) in [5.74, 6) is -0.523. The van der Waals surface area contributed by atoms with Crippen LogP contribution < -0.4 is 11.5 Å². The molecule has 0 bridgehead atoms. The van der Waals surface area contributed by atoms with Gasteiger partial charge in [0.25, 0.3) is 0 Å². The zero-order valence-corrected chi connectivity index (χ0v) is 25.8. The molecule has 0 unspecified atom stereocenters. The van der Waals surface area contributed by atoms with Gasteiger partial charge in [0.15, 0.2) is 11.7 Å². The van der Waals surface area contributed by atoms with Gasteiger partial charge in [0.2, 0.25) is 8.32 Å². The molecule has 1 heterocycles. The summed E-state index contributed by atoms with van der Waals surface area (Å²) in [4.78, 5) is 4.52. The molecule has 210 valence electrons. The lowest BCUT2D eigenvalue weighted by molar-refractivity contribution is -0.274. The number of hydrogen-bond donors (Lipinski definition) is 2. The summed E-state index contributed by atoms with van der Waals surface area (Å²) in [7, 11) is -1.92. The second-order valence-corrected chi connectivity index (χ2v) is 17.0. The van der Waals surface area contributed by atoms with Crippen LogP contribution in [0, 0.1) is 0 Å². The quantitative estimate of drug-likeness (QED) is 0.0965. The van der Waals surface area contributed by atoms with Crippen LogP contribution >= 0.6 is 0 Å². The smallest absolute Gasteiger partial charge is 0.201 e. The van der Waals surface area contributed by atoms with Gasteiger partial charge in [0.1, 0.15) is 0 Å². The zero-order chi connectivity index (χ0) is 27.4. The van der Waals surface area contributed by atoms with Crippen molar-refractivity contribution in [1.29, 1.82) is 0 Å². The average Bonchev–Trinajstić information content (AvgIpc) is 2.78. The molecular weight excluding hydrogens is 466 g/mol. The molecule has 1 fully saturated rings. The van der Waals surface area contributed by atoms with Gasteiger partial charge in [-0.3, -0.25) is 4.99 Å². The van der Waals surface area contributed by atoms with Gasteiger partial charge in [-0.05, 0) is 62.6 Å². The van der Waals surface area contributed by atoms with Crippen LogP contribution in [0.5, 0.6) is 0 Å². The molecule has 4 N–H and O–H groups in total. The van der Waals surface area contributed by atoms with Crippen LogP contribution in [-0.4, -0.2) is 45.4 Å². The third-order valence-electron chi connectivity index (χ3n) is 7.46. The molecule has 1 rings (SSSR count). The summed E-state index contributed by atoms with van der Waals surface area (Å²) in [5.41, 5.74) is 14.6. The summed E-state index contributed by atoms with van der Waals surface area (Å²) in [6.07, 6.45) is 12.9. The summed E-state index contributed by atoms with van der Waals surface area (Å²) >= 11 is 0. The van der Waals surface area contributed by atoms with Crippen molar-refractivity contribution < 1.29 is 13.9 Å². The first kappa shape index (κ1) is 32.9. The summed E-state index contributed by atoms with van der Waals surface area (Å²) < 4.78 is 19.5. The minimum absolute atomic E-state index is 0.0332. The fourth-order valence-electron chi connectivity index (χ4n) is 5.81. The predicted molar refractivity (Wildman–Crippen MR) is 157 cm³/mol. The van der Waals surface area contributed by atoms with E-state index in [-0.39, 0.29) is 18.1 Å². The highest BCUT2D eigenvalue weighted by molar-refractivity contribution is 6.77. The molecule has 1 aliphatic heterocycles. The van der Waals surface area contributed by atoms with E-state index in [4.69, 9.17) is 25.4 Å². The minimum atomic E-state index is -1.92. The monoisotopic (exact) mass is 523 g/mol. The normalized spacial score (nSPS) is 18.1. The van der Waals surface area contributed by atoms with Gasteiger partial charge in [0.05, 0.1) is 25.4 Å². The van der Waals surface area contributed by atoms with Crippen molar-refractivity contribution >= 4 is 14.3 Å². The molecule has 1 aliphatic rings. The van der Waals surface area contributed by atoms with Gasteiger partial charge in [-0.25, -0.2) is 0 Å². The highest BCUT2D eigenvalue weighted by Crippen LogP contribution is 2.43. The number of nitrogens with two attached hydrogens (primary N) is 2. The molecular formula is C29H57N3O3Si. The van der Waals surface area contributed by atoms with Gasteiger partial charge in [-0.2, -0.15) is 0 Å². The highest BCUT2D eigenvalue weighted by atomic mass is 28.4. The van der Waals surface area contributed by atoms with Crippen LogP contribution in [0.2, 0.25) is 16.6 Å². The third kappa shape index (κ3) is 10.3. The minimum Gasteiger partial charge on any atom is -0.410 e. The van der Waals surface area contributed by atoms with Crippen LogP contribution in [0.3, 0.4) is 0 Å². The van der Waals surface area contributed by atoms with Crippen molar-refractivity contribution in [2.75, 3.05) is 13.2 Å². The number of hydrogen-bond acceptors (Lipinski definition) is 4. The molecule has 0 radical (unpaired) electrons. The molecule has 0 aromatic heterocycles. The number of guanidine groups is 1. The van der Waals surface area contributed by atoms with Crippen LogP contribution in [0.15, 0.2) is 28.8 Å². The number of allylic oxidation sites excluding steroid dienone is 3. The maximum Gasteiger partial charge on any atom is 0.201 e. The first-order chi connectivity index (χ1) is 16.9. The van der Waals surface area contributed by atoms with Crippen LogP contribution in [-0.2, 0) is 13.9 Å². The Bertz CT molecular complexity index is 683. The Hall–Kier alpha value is -1.15. The van der Waals surface area contributed by atoms with Crippen LogP contribution in [0.25, 0.3) is 0 Å². The maximum atomic E-state index is 7.00. The molecule has 36 heavy (non-hydrogen) atoms. The molecule has 0 amide bonds. The van der Waals surface area contributed by atoms with E-state index in [1.165, 1.54) is 5.57 Å². The van der Waals surface area contributed by atoms with E-state index >= 15 is 0 Å². The zero-order valence-electron chi connectivity index (χ0n) is 24.8. The van der Waals surface area contributed by atoms with E-state index in [1.807, 2.05) is 0 Å². The Morgan fingerprint density at radius 3 is 2.06 bits per heavy atom. The van der Waals surface area contributed by atoms with Crippen LogP contribution in [0.1, 0.15) is 107 Å². The molecule has 2 atom stereocenters. The first-order valence-electron chi connectivity index (χ1n) is 14.2. The largest absolute Gasteiger partial charge is 0.410 e. The highest BCUT2D eigenvalue weighted by Gasteiger charge is 2.46. The van der Waals surface area contributed by atoms with E-state index < -0.39 is 14.1 Å². The number of nitrogens with zero attached hydrogens (tertiary/aromatic N) is 1. The van der Waals surface area contributed by atoms with Crippen molar-refractivity contribution in [3.8, 4) is 0 Å². The molecule has 1 saturated heterocycles. The number of rotatable bonds is 16. The predicted octanol–water partition coefficient (Wildman–Crippen LogP) is 7.21. The fraction of sp³-hybridized carbons (Fsp3) is 0.828. The van der Waals surface area contributed by atoms with Crippen molar-refractivity contribution in [3.63, 3.8) is 0 Å². The van der Waals surface area contributed by atoms with Crippen molar-refractivity contribution in [2.24, 2.45) is 16.5 Å². The SMILES string of the molecule is CC[C@@H](/C=C\CCC1(C[C@H](CCC=C(C)C)N=C(N)N)OCCCO1)O[Si](C(C)C)(C(C)C)C(C)C. The maximum absolute atomic E-state index is 7.00. The molecule has 6 nitrogen and oxygen atoms in total. The molecule has 7 heteroatoms. The molecule has 0 aromatic rings. The summed E-state index contributed by atoms with van der Waals surface area (Å²) in [6, 6.07) is -0.0332. The van der Waals surface area contributed by atoms with E-state index in [9.17, 15) is 0 Å². The molecule has 0 aromatic carbocycles. The van der Waals surface area contributed by atoms with Gasteiger partial charge >= 0.3 is 0 Å². The number of ether oxygens (including phenoxy) is 2. The van der Waals surface area contributed by atoms with E-state index in [0.29, 0.717) is 36.3 Å². The Kier molecular flexibility index (Phi) is 14.6. The second kappa shape index (κ2) is 16.0. The Balaban J connectivity index is 2.94. The molecule has 0 spiro atoms. The number of aliphatic imine (C=N–C) groups is 1. The Labute approximate surface area is 223 Å². The topological polar surface area (TPSA) is 92.1 Å². The van der Waals surface area contributed by atoms with Crippen molar-refractivity contribution in [2.45, 2.75) is 142 Å². The Morgan fingerprint density at radius 2 is 1.58 bits per heavy atom. The van der Waals surface area contributed by atoms with Crippen molar-refractivity contribution in [3.05, 3.63) is 23.8 Å². The lowest BCUT2D eigenvalue weighted by Gasteiger charge is -2.44. The van der Waals surface area contributed by atoms with Gasteiger partial charge in [0, 0.05) is 12.8 Å². The lowest BCUT2D eigenvalue weighted by atomic mass is 9.96. The fourth-order valence-corrected chi connectivity index (χ4v) is 11.4. The van der Waals surface area contributed by atoms with Gasteiger partial charge < -0.3 is 25.4 Å². The average molecular weight is 524 g/mol. The van der Waals surface area contributed by atoms with E-state index in [0.717, 1.165) is 38.5 Å². The molecule has 0 saturated carbocycles. The summed E-state index contributed by atoms with van der Waals surface area (Å²) in [5, 5.41) is 0. The summed E-state index contributed by atoms with van der Waals surface area (Å²) in [6.45, 7) is 21.9. The van der Waals surface area contributed by atoms with E-state index in [2.05, 4.69) is 85.5 Å². The first-order valence-corrected chi connectivity index (χ1v) is 16.4. The second-order valence-electron chi connectivity index (χ2n) is 11.6. The standard InChI is InChI=1S/C29H57N3O3Si/c1-10-27(35-36(23(4)5,24(6)7)25(8)9)17-11-12-18-29(33-19-14-20-34-29)21-26(32-28(30)31)16-13-15-22(2)3/h11,15,17,23-27H,10,12-14,16,18-21H2,1-9H3,(H4,30,31,32)/b17-11-/t26-,27-/m0/s1. The molecule has 0 aliphatic carbocycles. The lowest BCUT2D eigenvalue weighted by Crippen LogP contribution is -2.49.